The monoisotopic (exact) mass is 321 g/mol. The van der Waals surface area contributed by atoms with Crippen molar-refractivity contribution < 1.29 is 14.1 Å². The van der Waals surface area contributed by atoms with Crippen LogP contribution in [-0.2, 0) is 9.59 Å². The van der Waals surface area contributed by atoms with E-state index in [1.54, 1.807) is 37.3 Å². The van der Waals surface area contributed by atoms with E-state index in [9.17, 15) is 9.59 Å². The molecule has 2 aromatic rings. The minimum absolute atomic E-state index is 0.273. The Balaban J connectivity index is 2.05. The first-order chi connectivity index (χ1) is 10.3. The van der Waals surface area contributed by atoms with Gasteiger partial charge in [-0.3, -0.25) is 9.59 Å². The summed E-state index contributed by atoms with van der Waals surface area (Å²) in [4.78, 5) is 24.6. The third-order valence-corrected chi connectivity index (χ3v) is 3.36. The van der Waals surface area contributed by atoms with Gasteiger partial charge < -0.3 is 15.2 Å². The number of hydrogen-bond donors (Lipinski definition) is 2. The average Bonchev–Trinajstić information content (AvgIpc) is 2.86. The summed E-state index contributed by atoms with van der Waals surface area (Å²) in [6, 6.07) is 8.21. The van der Waals surface area contributed by atoms with Crippen LogP contribution in [0.5, 0.6) is 0 Å². The van der Waals surface area contributed by atoms with Gasteiger partial charge in [-0.25, -0.2) is 0 Å². The number of aryl methyl sites for hydroxylation is 1. The third kappa shape index (κ3) is 3.65. The van der Waals surface area contributed by atoms with Crippen molar-refractivity contribution in [3.05, 3.63) is 41.1 Å². The average molecular weight is 322 g/mol. The summed E-state index contributed by atoms with van der Waals surface area (Å²) in [6.07, 6.45) is 0. The second kappa shape index (κ2) is 6.19. The lowest BCUT2D eigenvalue weighted by molar-refractivity contribution is -0.135. The minimum atomic E-state index is -1.29. The van der Waals surface area contributed by atoms with Crippen LogP contribution in [-0.4, -0.2) is 17.0 Å². The molecule has 1 heterocycles. The molecular weight excluding hydrogens is 306 g/mol. The minimum Gasteiger partial charge on any atom is -0.360 e. The van der Waals surface area contributed by atoms with Crippen LogP contribution in [0.15, 0.2) is 34.9 Å². The molecule has 0 atom stereocenters. The van der Waals surface area contributed by atoms with Gasteiger partial charge in [-0.15, -0.1) is 0 Å². The molecule has 0 aliphatic heterocycles. The first-order valence-electron chi connectivity index (χ1n) is 6.61. The highest BCUT2D eigenvalue weighted by molar-refractivity contribution is 6.30. The normalized spacial score (nSPS) is 11.1. The van der Waals surface area contributed by atoms with Crippen molar-refractivity contribution in [2.24, 2.45) is 5.41 Å². The van der Waals surface area contributed by atoms with Gasteiger partial charge in [-0.05, 0) is 45.0 Å². The Hall–Kier alpha value is -2.34. The first-order valence-corrected chi connectivity index (χ1v) is 6.98. The fraction of sp³-hybridized carbons (Fsp3) is 0.267. The quantitative estimate of drug-likeness (QED) is 0.847. The van der Waals surface area contributed by atoms with Crippen LogP contribution in [0.2, 0.25) is 5.02 Å². The Bertz CT molecular complexity index is 692. The molecule has 2 amide bonds. The molecule has 0 aliphatic carbocycles. The molecule has 0 unspecified atom stereocenters. The number of anilines is 2. The van der Waals surface area contributed by atoms with Crippen LogP contribution in [0.25, 0.3) is 0 Å². The molecule has 0 fully saturated rings. The van der Waals surface area contributed by atoms with Gasteiger partial charge in [0.25, 0.3) is 0 Å². The Morgan fingerprint density at radius 3 is 2.27 bits per heavy atom. The van der Waals surface area contributed by atoms with Crippen LogP contribution in [0.4, 0.5) is 11.5 Å². The number of carbonyl (C=O) groups is 2. The van der Waals surface area contributed by atoms with Crippen molar-refractivity contribution in [1.29, 1.82) is 0 Å². The van der Waals surface area contributed by atoms with Gasteiger partial charge in [-0.1, -0.05) is 16.8 Å². The molecule has 0 saturated carbocycles. The number of aromatic nitrogens is 1. The van der Waals surface area contributed by atoms with Gasteiger partial charge in [0.05, 0.1) is 0 Å². The van der Waals surface area contributed by atoms with Crippen LogP contribution in [0, 0.1) is 12.3 Å². The number of rotatable bonds is 4. The Morgan fingerprint density at radius 2 is 1.73 bits per heavy atom. The summed E-state index contributed by atoms with van der Waals surface area (Å²) in [6.45, 7) is 4.77. The number of nitrogens with one attached hydrogen (secondary N) is 2. The van der Waals surface area contributed by atoms with Crippen molar-refractivity contribution in [1.82, 2.24) is 5.16 Å². The molecule has 1 aromatic heterocycles. The van der Waals surface area contributed by atoms with E-state index in [-0.39, 0.29) is 5.82 Å². The maximum atomic E-state index is 12.3. The molecule has 0 aliphatic rings. The van der Waals surface area contributed by atoms with E-state index in [1.165, 1.54) is 13.8 Å². The second-order valence-electron chi connectivity index (χ2n) is 5.36. The van der Waals surface area contributed by atoms with E-state index in [2.05, 4.69) is 15.8 Å². The zero-order valence-corrected chi connectivity index (χ0v) is 13.2. The van der Waals surface area contributed by atoms with E-state index in [1.807, 2.05) is 0 Å². The number of benzene rings is 1. The maximum Gasteiger partial charge on any atom is 0.240 e. The molecule has 2 rings (SSSR count). The van der Waals surface area contributed by atoms with Crippen molar-refractivity contribution >= 4 is 34.9 Å². The van der Waals surface area contributed by atoms with Gasteiger partial charge in [-0.2, -0.15) is 0 Å². The molecule has 0 spiro atoms. The Kier molecular flexibility index (Phi) is 4.51. The lowest BCUT2D eigenvalue weighted by Crippen LogP contribution is -2.41. The van der Waals surface area contributed by atoms with Crippen LogP contribution in [0.1, 0.15) is 19.6 Å². The van der Waals surface area contributed by atoms with Crippen LogP contribution in [0.3, 0.4) is 0 Å². The van der Waals surface area contributed by atoms with Crippen molar-refractivity contribution in [3.63, 3.8) is 0 Å². The summed E-state index contributed by atoms with van der Waals surface area (Å²) in [5.41, 5.74) is -0.723. The molecule has 6 nitrogen and oxygen atoms in total. The molecule has 2 N–H and O–H groups in total. The Labute approximate surface area is 132 Å². The summed E-state index contributed by atoms with van der Waals surface area (Å²) >= 11 is 5.79. The lowest BCUT2D eigenvalue weighted by atomic mass is 9.91. The van der Waals surface area contributed by atoms with Crippen molar-refractivity contribution in [2.75, 3.05) is 10.6 Å². The van der Waals surface area contributed by atoms with Gasteiger partial charge in [0, 0.05) is 16.8 Å². The smallest absolute Gasteiger partial charge is 0.240 e. The lowest BCUT2D eigenvalue weighted by Gasteiger charge is -2.22. The summed E-state index contributed by atoms with van der Waals surface area (Å²) in [5, 5.41) is 9.47. The Morgan fingerprint density at radius 1 is 1.14 bits per heavy atom. The highest BCUT2D eigenvalue weighted by atomic mass is 35.5. The summed E-state index contributed by atoms with van der Waals surface area (Å²) < 4.78 is 4.87. The van der Waals surface area contributed by atoms with Crippen LogP contribution >= 0.6 is 11.6 Å². The molecule has 22 heavy (non-hydrogen) atoms. The molecule has 0 radical (unpaired) electrons. The second-order valence-corrected chi connectivity index (χ2v) is 5.80. The van der Waals surface area contributed by atoms with E-state index < -0.39 is 17.2 Å². The number of nitrogens with zero attached hydrogens (tertiary/aromatic N) is 1. The molecular formula is C15H16ClN3O3. The number of hydrogen-bond acceptors (Lipinski definition) is 4. The third-order valence-electron chi connectivity index (χ3n) is 3.11. The van der Waals surface area contributed by atoms with E-state index in [4.69, 9.17) is 16.1 Å². The van der Waals surface area contributed by atoms with Gasteiger partial charge in [0.2, 0.25) is 11.8 Å². The van der Waals surface area contributed by atoms with Gasteiger partial charge in [0.1, 0.15) is 11.2 Å². The van der Waals surface area contributed by atoms with E-state index >= 15 is 0 Å². The molecule has 7 heteroatoms. The van der Waals surface area contributed by atoms with Crippen molar-refractivity contribution in [3.8, 4) is 0 Å². The SMILES string of the molecule is Cc1cc(NC(=O)C(C)(C)C(=O)Nc2ccc(Cl)cc2)no1. The molecule has 0 saturated heterocycles. The molecule has 0 bridgehead atoms. The highest BCUT2D eigenvalue weighted by Crippen LogP contribution is 2.22. The summed E-state index contributed by atoms with van der Waals surface area (Å²) in [5.74, 6) is -0.0756. The predicted molar refractivity (Wildman–Crippen MR) is 83.7 cm³/mol. The molecule has 116 valence electrons. The number of halogens is 1. The number of amides is 2. The van der Waals surface area contributed by atoms with Crippen molar-refractivity contribution in [2.45, 2.75) is 20.8 Å². The van der Waals surface area contributed by atoms with E-state index in [0.29, 0.717) is 16.5 Å². The fourth-order valence-electron chi connectivity index (χ4n) is 1.62. The topological polar surface area (TPSA) is 84.2 Å². The maximum absolute atomic E-state index is 12.3. The van der Waals surface area contributed by atoms with Crippen LogP contribution < -0.4 is 10.6 Å². The van der Waals surface area contributed by atoms with Gasteiger partial charge in [0.15, 0.2) is 5.82 Å². The first kappa shape index (κ1) is 16.0. The summed E-state index contributed by atoms with van der Waals surface area (Å²) in [7, 11) is 0. The standard InChI is InChI=1S/C15H16ClN3O3/c1-9-8-12(19-22-9)18-14(21)15(2,3)13(20)17-11-6-4-10(16)5-7-11/h4-8H,1-3H3,(H,17,20)(H,18,19,21). The van der Waals surface area contributed by atoms with E-state index in [0.717, 1.165) is 0 Å². The number of carbonyl (C=O) groups excluding carboxylic acids is 2. The zero-order chi connectivity index (χ0) is 16.3. The highest BCUT2D eigenvalue weighted by Gasteiger charge is 2.36. The molecule has 1 aromatic carbocycles. The zero-order valence-electron chi connectivity index (χ0n) is 12.4. The largest absolute Gasteiger partial charge is 0.360 e. The fourth-order valence-corrected chi connectivity index (χ4v) is 1.75. The van der Waals surface area contributed by atoms with Gasteiger partial charge >= 0.3 is 0 Å². The predicted octanol–water partition coefficient (Wildman–Crippen LogP) is 3.24.